The third-order valence-electron chi connectivity index (χ3n) is 2.93. The van der Waals surface area contributed by atoms with E-state index in [1.165, 1.54) is 19.3 Å². The zero-order chi connectivity index (χ0) is 13.5. The third kappa shape index (κ3) is 4.78. The van der Waals surface area contributed by atoms with Gasteiger partial charge in [0.1, 0.15) is 0 Å². The molecule has 1 aromatic rings. The lowest BCUT2D eigenvalue weighted by molar-refractivity contribution is 0.0697. The predicted octanol–water partition coefficient (Wildman–Crippen LogP) is 3.82. The highest BCUT2D eigenvalue weighted by Crippen LogP contribution is 2.19. The van der Waals surface area contributed by atoms with E-state index in [1.54, 1.807) is 12.1 Å². The Bertz CT molecular complexity index is 407. The molecule has 0 saturated heterocycles. The number of hydrogen-bond donors (Lipinski definition) is 2. The topological polar surface area (TPSA) is 49.3 Å². The van der Waals surface area contributed by atoms with Crippen LogP contribution < -0.4 is 5.32 Å². The van der Waals surface area contributed by atoms with Crippen LogP contribution in [0, 0.1) is 0 Å². The zero-order valence-corrected chi connectivity index (χ0v) is 12.5. The molecule has 2 N–H and O–H groups in total. The number of carboxylic acid groups (broad SMARTS) is 1. The van der Waals surface area contributed by atoms with Crippen LogP contribution in [0.3, 0.4) is 0 Å². The molecule has 0 fully saturated rings. The lowest BCUT2D eigenvalue weighted by atomic mass is 10.1. The number of rotatable bonds is 7. The monoisotopic (exact) mass is 313 g/mol. The van der Waals surface area contributed by atoms with Crippen molar-refractivity contribution in [3.8, 4) is 0 Å². The number of aromatic carboxylic acids is 1. The Kier molecular flexibility index (Phi) is 6.36. The molecule has 3 nitrogen and oxygen atoms in total. The summed E-state index contributed by atoms with van der Waals surface area (Å²) < 4.78 is 0.845. The van der Waals surface area contributed by atoms with E-state index in [0.717, 1.165) is 16.6 Å². The fourth-order valence-corrected chi connectivity index (χ4v) is 2.24. The Labute approximate surface area is 117 Å². The zero-order valence-electron chi connectivity index (χ0n) is 10.9. The Morgan fingerprint density at radius 3 is 2.78 bits per heavy atom. The Morgan fingerprint density at radius 1 is 1.50 bits per heavy atom. The first-order chi connectivity index (χ1) is 8.54. The number of nitrogens with one attached hydrogen (secondary N) is 1. The summed E-state index contributed by atoms with van der Waals surface area (Å²) in [6.45, 7) is 5.12. The van der Waals surface area contributed by atoms with Crippen LogP contribution >= 0.6 is 15.9 Å². The first kappa shape index (κ1) is 15.2. The van der Waals surface area contributed by atoms with E-state index in [9.17, 15) is 4.79 Å². The molecule has 1 unspecified atom stereocenters. The minimum absolute atomic E-state index is 0.310. The van der Waals surface area contributed by atoms with Gasteiger partial charge in [0.05, 0.1) is 5.56 Å². The van der Waals surface area contributed by atoms with E-state index in [4.69, 9.17) is 5.11 Å². The van der Waals surface area contributed by atoms with Crippen molar-refractivity contribution in [2.24, 2.45) is 0 Å². The van der Waals surface area contributed by atoms with Gasteiger partial charge in [-0.1, -0.05) is 41.8 Å². The summed E-state index contributed by atoms with van der Waals surface area (Å²) in [5.74, 6) is -0.897. The van der Waals surface area contributed by atoms with Crippen molar-refractivity contribution in [2.75, 3.05) is 0 Å². The molecule has 0 saturated carbocycles. The van der Waals surface area contributed by atoms with Crippen LogP contribution in [-0.2, 0) is 6.54 Å². The first-order valence-corrected chi connectivity index (χ1v) is 7.09. The van der Waals surface area contributed by atoms with Crippen molar-refractivity contribution in [1.82, 2.24) is 5.32 Å². The number of halogens is 1. The summed E-state index contributed by atoms with van der Waals surface area (Å²) in [6.07, 6.45) is 3.61. The van der Waals surface area contributed by atoms with Crippen molar-refractivity contribution in [3.63, 3.8) is 0 Å². The quantitative estimate of drug-likeness (QED) is 0.804. The molecule has 0 aromatic heterocycles. The molecule has 0 aliphatic heterocycles. The first-order valence-electron chi connectivity index (χ1n) is 6.29. The lowest BCUT2D eigenvalue weighted by Crippen LogP contribution is -2.25. The molecule has 1 rings (SSSR count). The van der Waals surface area contributed by atoms with E-state index in [1.807, 2.05) is 6.07 Å². The van der Waals surface area contributed by atoms with Gasteiger partial charge in [-0.05, 0) is 31.0 Å². The Morgan fingerprint density at radius 2 is 2.22 bits per heavy atom. The maximum Gasteiger partial charge on any atom is 0.335 e. The number of unbranched alkanes of at least 4 members (excludes halogenated alkanes) is 1. The molecular formula is C14H20BrNO2. The maximum atomic E-state index is 10.8. The Hall–Kier alpha value is -0.870. The number of carbonyl (C=O) groups is 1. The Balaban J connectivity index is 2.55. The van der Waals surface area contributed by atoms with Crippen LogP contribution in [0.15, 0.2) is 22.7 Å². The summed E-state index contributed by atoms with van der Waals surface area (Å²) in [6, 6.07) is 5.63. The van der Waals surface area contributed by atoms with Gasteiger partial charge in [-0.25, -0.2) is 4.79 Å². The second-order valence-electron chi connectivity index (χ2n) is 4.54. The lowest BCUT2D eigenvalue weighted by Gasteiger charge is -2.14. The minimum atomic E-state index is -0.897. The van der Waals surface area contributed by atoms with Gasteiger partial charge in [-0.15, -0.1) is 0 Å². The van der Waals surface area contributed by atoms with E-state index in [0.29, 0.717) is 11.6 Å². The minimum Gasteiger partial charge on any atom is -0.478 e. The largest absolute Gasteiger partial charge is 0.478 e. The van der Waals surface area contributed by atoms with Crippen molar-refractivity contribution in [2.45, 2.75) is 45.7 Å². The van der Waals surface area contributed by atoms with Crippen LogP contribution in [0.25, 0.3) is 0 Å². The van der Waals surface area contributed by atoms with E-state index in [-0.39, 0.29) is 0 Å². The van der Waals surface area contributed by atoms with Gasteiger partial charge in [0, 0.05) is 17.1 Å². The van der Waals surface area contributed by atoms with Crippen molar-refractivity contribution in [1.29, 1.82) is 0 Å². The maximum absolute atomic E-state index is 10.8. The molecule has 0 bridgehead atoms. The van der Waals surface area contributed by atoms with Gasteiger partial charge in [0.15, 0.2) is 0 Å². The van der Waals surface area contributed by atoms with Crippen molar-refractivity contribution in [3.05, 3.63) is 33.8 Å². The smallest absolute Gasteiger partial charge is 0.335 e. The van der Waals surface area contributed by atoms with Crippen LogP contribution in [0.4, 0.5) is 0 Å². The molecular weight excluding hydrogens is 294 g/mol. The molecule has 0 aliphatic rings. The summed E-state index contributed by atoms with van der Waals surface area (Å²) >= 11 is 3.41. The molecule has 0 radical (unpaired) electrons. The summed E-state index contributed by atoms with van der Waals surface area (Å²) in [5.41, 5.74) is 1.40. The average Bonchev–Trinajstić information content (AvgIpc) is 2.34. The second kappa shape index (κ2) is 7.54. The molecule has 0 spiro atoms. The van der Waals surface area contributed by atoms with Crippen LogP contribution in [-0.4, -0.2) is 17.1 Å². The van der Waals surface area contributed by atoms with Crippen LogP contribution in [0.5, 0.6) is 0 Å². The molecule has 4 heteroatoms. The van der Waals surface area contributed by atoms with Gasteiger partial charge >= 0.3 is 5.97 Å². The molecule has 1 atom stereocenters. The second-order valence-corrected chi connectivity index (χ2v) is 5.39. The number of benzene rings is 1. The van der Waals surface area contributed by atoms with Gasteiger partial charge in [-0.3, -0.25) is 0 Å². The molecule has 18 heavy (non-hydrogen) atoms. The number of hydrogen-bond acceptors (Lipinski definition) is 2. The summed E-state index contributed by atoms with van der Waals surface area (Å²) in [5, 5.41) is 12.3. The van der Waals surface area contributed by atoms with E-state index < -0.39 is 5.97 Å². The average molecular weight is 314 g/mol. The van der Waals surface area contributed by atoms with E-state index in [2.05, 4.69) is 35.1 Å². The molecule has 0 heterocycles. The van der Waals surface area contributed by atoms with E-state index >= 15 is 0 Å². The van der Waals surface area contributed by atoms with Gasteiger partial charge in [-0.2, -0.15) is 0 Å². The summed E-state index contributed by atoms with van der Waals surface area (Å²) in [7, 11) is 0. The fraction of sp³-hybridized carbons (Fsp3) is 0.500. The van der Waals surface area contributed by atoms with Gasteiger partial charge in [0.2, 0.25) is 0 Å². The predicted molar refractivity (Wildman–Crippen MR) is 76.9 cm³/mol. The van der Waals surface area contributed by atoms with Crippen LogP contribution in [0.2, 0.25) is 0 Å². The van der Waals surface area contributed by atoms with Gasteiger partial charge < -0.3 is 10.4 Å². The van der Waals surface area contributed by atoms with Crippen LogP contribution in [0.1, 0.15) is 49.0 Å². The number of carboxylic acids is 1. The highest BCUT2D eigenvalue weighted by Gasteiger charge is 2.07. The molecule has 0 aliphatic carbocycles. The fourth-order valence-electron chi connectivity index (χ4n) is 1.72. The van der Waals surface area contributed by atoms with Gasteiger partial charge in [0.25, 0.3) is 0 Å². The SMILES string of the molecule is CCCCC(C)NCc1ccc(C(=O)O)cc1Br. The highest BCUT2D eigenvalue weighted by atomic mass is 79.9. The normalized spacial score (nSPS) is 12.4. The summed E-state index contributed by atoms with van der Waals surface area (Å²) in [4.78, 5) is 10.8. The third-order valence-corrected chi connectivity index (χ3v) is 3.67. The molecule has 1 aromatic carbocycles. The molecule has 0 amide bonds. The standard InChI is InChI=1S/C14H20BrNO2/c1-3-4-5-10(2)16-9-12-7-6-11(14(17)18)8-13(12)15/h6-8,10,16H,3-5,9H2,1-2H3,(H,17,18). The highest BCUT2D eigenvalue weighted by molar-refractivity contribution is 9.10. The van der Waals surface area contributed by atoms with Crippen molar-refractivity contribution < 1.29 is 9.90 Å². The molecule has 100 valence electrons. The van der Waals surface area contributed by atoms with Crippen molar-refractivity contribution >= 4 is 21.9 Å².